The summed E-state index contributed by atoms with van der Waals surface area (Å²) < 4.78 is 0. The first-order valence-corrected chi connectivity index (χ1v) is 8.00. The molecular weight excluding hydrogens is 411 g/mol. The van der Waals surface area contributed by atoms with Crippen molar-refractivity contribution in [2.75, 3.05) is 13.6 Å². The second-order valence-corrected chi connectivity index (χ2v) is 5.87. The number of pyridine rings is 1. The topological polar surface area (TPSA) is 49.3 Å². The van der Waals surface area contributed by atoms with E-state index in [0.29, 0.717) is 6.54 Å². The molecule has 5 heteroatoms. The van der Waals surface area contributed by atoms with E-state index in [-0.39, 0.29) is 24.0 Å². The molecule has 0 saturated heterocycles. The number of hydrogen-bond acceptors (Lipinski definition) is 2. The van der Waals surface area contributed by atoms with Crippen LogP contribution in [-0.2, 0) is 13.0 Å². The molecule has 2 aromatic rings. The molecule has 0 radical (unpaired) electrons. The molecule has 0 fully saturated rings. The van der Waals surface area contributed by atoms with Gasteiger partial charge >= 0.3 is 0 Å². The molecule has 0 spiro atoms. The molecule has 0 aliphatic heterocycles. The number of aliphatic imine (C=N–C) groups is 1. The predicted octanol–water partition coefficient (Wildman–Crippen LogP) is 3.53. The molecule has 1 aromatic carbocycles. The number of nitrogens with one attached hydrogen (secondary N) is 2. The summed E-state index contributed by atoms with van der Waals surface area (Å²) in [6.45, 7) is 7.87. The number of aromatic nitrogens is 1. The van der Waals surface area contributed by atoms with Crippen molar-refractivity contribution in [3.05, 3.63) is 64.5 Å². The Morgan fingerprint density at radius 3 is 2.42 bits per heavy atom. The summed E-state index contributed by atoms with van der Waals surface area (Å²) in [5.41, 5.74) is 6.21. The lowest BCUT2D eigenvalue weighted by Crippen LogP contribution is -2.38. The average molecular weight is 438 g/mol. The van der Waals surface area contributed by atoms with Crippen LogP contribution in [0.2, 0.25) is 0 Å². The van der Waals surface area contributed by atoms with Crippen molar-refractivity contribution in [1.29, 1.82) is 0 Å². The van der Waals surface area contributed by atoms with E-state index in [2.05, 4.69) is 65.6 Å². The van der Waals surface area contributed by atoms with Crippen LogP contribution in [0.5, 0.6) is 0 Å². The van der Waals surface area contributed by atoms with Gasteiger partial charge in [0.25, 0.3) is 0 Å². The molecule has 1 aromatic heterocycles. The fourth-order valence-electron chi connectivity index (χ4n) is 2.63. The van der Waals surface area contributed by atoms with E-state index in [1.807, 2.05) is 12.3 Å². The average Bonchev–Trinajstić information content (AvgIpc) is 2.51. The van der Waals surface area contributed by atoms with Crippen molar-refractivity contribution in [3.8, 4) is 0 Å². The minimum atomic E-state index is 0. The van der Waals surface area contributed by atoms with Crippen LogP contribution in [0, 0.1) is 20.8 Å². The Labute approximate surface area is 162 Å². The Morgan fingerprint density at radius 2 is 1.79 bits per heavy atom. The summed E-state index contributed by atoms with van der Waals surface area (Å²) in [6, 6.07) is 10.7. The lowest BCUT2D eigenvalue weighted by Gasteiger charge is -2.13. The molecule has 24 heavy (non-hydrogen) atoms. The van der Waals surface area contributed by atoms with Crippen LogP contribution in [0.25, 0.3) is 0 Å². The summed E-state index contributed by atoms with van der Waals surface area (Å²) >= 11 is 0. The quantitative estimate of drug-likeness (QED) is 0.427. The van der Waals surface area contributed by atoms with Gasteiger partial charge in [-0.1, -0.05) is 35.4 Å². The first-order chi connectivity index (χ1) is 11.1. The van der Waals surface area contributed by atoms with Crippen molar-refractivity contribution in [1.82, 2.24) is 15.6 Å². The first-order valence-electron chi connectivity index (χ1n) is 8.00. The second-order valence-electron chi connectivity index (χ2n) is 5.87. The summed E-state index contributed by atoms with van der Waals surface area (Å²) in [5, 5.41) is 6.67. The van der Waals surface area contributed by atoms with Gasteiger partial charge in [0.05, 0.1) is 12.2 Å². The highest BCUT2D eigenvalue weighted by molar-refractivity contribution is 14.0. The SMILES string of the molecule is CN=C(NCCc1cc(C)cc(C)c1)NCc1ncccc1C.I. The molecule has 1 heterocycles. The molecule has 2 N–H and O–H groups in total. The van der Waals surface area contributed by atoms with Gasteiger partial charge in [-0.25, -0.2) is 0 Å². The monoisotopic (exact) mass is 438 g/mol. The molecule has 0 saturated carbocycles. The fourth-order valence-corrected chi connectivity index (χ4v) is 2.63. The zero-order chi connectivity index (χ0) is 16.7. The maximum atomic E-state index is 4.39. The van der Waals surface area contributed by atoms with Gasteiger partial charge in [0.15, 0.2) is 5.96 Å². The van der Waals surface area contributed by atoms with Crippen molar-refractivity contribution >= 4 is 29.9 Å². The molecule has 0 aliphatic carbocycles. The van der Waals surface area contributed by atoms with E-state index >= 15 is 0 Å². The van der Waals surface area contributed by atoms with Crippen LogP contribution in [0.4, 0.5) is 0 Å². The lowest BCUT2D eigenvalue weighted by molar-refractivity contribution is 0.779. The Morgan fingerprint density at radius 1 is 1.08 bits per heavy atom. The zero-order valence-electron chi connectivity index (χ0n) is 14.9. The molecule has 130 valence electrons. The summed E-state index contributed by atoms with van der Waals surface area (Å²) in [7, 11) is 1.79. The van der Waals surface area contributed by atoms with Crippen LogP contribution >= 0.6 is 24.0 Å². The first kappa shape index (κ1) is 20.4. The molecule has 2 rings (SSSR count). The Bertz CT molecular complexity index is 663. The smallest absolute Gasteiger partial charge is 0.191 e. The number of rotatable bonds is 5. The molecule has 0 atom stereocenters. The number of nitrogens with zero attached hydrogens (tertiary/aromatic N) is 2. The standard InChI is InChI=1S/C19H26N4.HI/c1-14-10-15(2)12-17(11-14)7-9-22-19(20-4)23-13-18-16(3)6-5-8-21-18;/h5-6,8,10-12H,7,9,13H2,1-4H3,(H2,20,22,23);1H. The minimum Gasteiger partial charge on any atom is -0.356 e. The third kappa shape index (κ3) is 6.47. The van der Waals surface area contributed by atoms with Gasteiger partial charge < -0.3 is 10.6 Å². The lowest BCUT2D eigenvalue weighted by atomic mass is 10.1. The van der Waals surface area contributed by atoms with Crippen LogP contribution in [0.1, 0.15) is 27.9 Å². The van der Waals surface area contributed by atoms with Gasteiger partial charge in [0.1, 0.15) is 0 Å². The van der Waals surface area contributed by atoms with Crippen molar-refractivity contribution in [3.63, 3.8) is 0 Å². The third-order valence-corrected chi connectivity index (χ3v) is 3.75. The minimum absolute atomic E-state index is 0. The summed E-state index contributed by atoms with van der Waals surface area (Å²) in [6.07, 6.45) is 2.80. The van der Waals surface area contributed by atoms with E-state index in [1.165, 1.54) is 22.3 Å². The van der Waals surface area contributed by atoms with Crippen LogP contribution in [0.3, 0.4) is 0 Å². The summed E-state index contributed by atoms with van der Waals surface area (Å²) in [4.78, 5) is 8.65. The Balaban J connectivity index is 0.00000288. The largest absolute Gasteiger partial charge is 0.356 e. The van der Waals surface area contributed by atoms with Gasteiger partial charge in [-0.2, -0.15) is 0 Å². The highest BCUT2D eigenvalue weighted by Crippen LogP contribution is 2.09. The second kappa shape index (κ2) is 10.3. The molecule has 0 aliphatic rings. The predicted molar refractivity (Wildman–Crippen MR) is 112 cm³/mol. The van der Waals surface area contributed by atoms with Crippen LogP contribution < -0.4 is 10.6 Å². The van der Waals surface area contributed by atoms with Gasteiger partial charge in [-0.05, 0) is 44.4 Å². The molecule has 4 nitrogen and oxygen atoms in total. The molecular formula is C19H27IN4. The molecule has 0 unspecified atom stereocenters. The van der Waals surface area contributed by atoms with Crippen molar-refractivity contribution in [2.24, 2.45) is 4.99 Å². The highest BCUT2D eigenvalue weighted by atomic mass is 127. The number of benzene rings is 1. The highest BCUT2D eigenvalue weighted by Gasteiger charge is 2.02. The maximum Gasteiger partial charge on any atom is 0.191 e. The third-order valence-electron chi connectivity index (χ3n) is 3.75. The number of aryl methyl sites for hydroxylation is 3. The van der Waals surface area contributed by atoms with E-state index in [1.54, 1.807) is 7.05 Å². The van der Waals surface area contributed by atoms with Gasteiger partial charge in [0.2, 0.25) is 0 Å². The van der Waals surface area contributed by atoms with Crippen molar-refractivity contribution in [2.45, 2.75) is 33.7 Å². The van der Waals surface area contributed by atoms with Crippen LogP contribution in [-0.4, -0.2) is 24.5 Å². The van der Waals surface area contributed by atoms with Gasteiger partial charge in [-0.15, -0.1) is 24.0 Å². The number of halogens is 1. The van der Waals surface area contributed by atoms with Gasteiger partial charge in [-0.3, -0.25) is 9.98 Å². The van der Waals surface area contributed by atoms with E-state index < -0.39 is 0 Å². The Kier molecular flexibility index (Phi) is 8.74. The van der Waals surface area contributed by atoms with E-state index in [4.69, 9.17) is 0 Å². The maximum absolute atomic E-state index is 4.39. The number of guanidine groups is 1. The van der Waals surface area contributed by atoms with E-state index in [9.17, 15) is 0 Å². The number of hydrogen-bond donors (Lipinski definition) is 2. The van der Waals surface area contributed by atoms with Crippen LogP contribution in [0.15, 0.2) is 41.5 Å². The molecule has 0 amide bonds. The van der Waals surface area contributed by atoms with Crippen molar-refractivity contribution < 1.29 is 0 Å². The fraction of sp³-hybridized carbons (Fsp3) is 0.368. The van der Waals surface area contributed by atoms with E-state index in [0.717, 1.165) is 24.6 Å². The normalized spacial score (nSPS) is 10.9. The Hall–Kier alpha value is -1.63. The molecule has 0 bridgehead atoms. The van der Waals surface area contributed by atoms with Gasteiger partial charge in [0, 0.05) is 19.8 Å². The zero-order valence-corrected chi connectivity index (χ0v) is 17.2. The summed E-state index contributed by atoms with van der Waals surface area (Å²) in [5.74, 6) is 0.805.